The molecule has 0 saturated heterocycles. The number of H-pyrrole nitrogens is 1. The zero-order valence-corrected chi connectivity index (χ0v) is 18.3. The van der Waals surface area contributed by atoms with Crippen molar-refractivity contribution in [3.05, 3.63) is 72.3 Å². The van der Waals surface area contributed by atoms with Gasteiger partial charge in [0.05, 0.1) is 29.6 Å². The molecule has 5 rings (SSSR count). The van der Waals surface area contributed by atoms with Gasteiger partial charge in [-0.25, -0.2) is 9.37 Å². The Hall–Kier alpha value is -4.34. The molecule has 4 aromatic heterocycles. The predicted molar refractivity (Wildman–Crippen MR) is 119 cm³/mol. The monoisotopic (exact) mass is 444 g/mol. The third kappa shape index (κ3) is 3.98. The molecule has 0 atom stereocenters. The highest BCUT2D eigenvalue weighted by Gasteiger charge is 2.20. The second-order valence-electron chi connectivity index (χ2n) is 7.72. The molecular formula is C23H21FN8O. The van der Waals surface area contributed by atoms with Gasteiger partial charge in [-0.3, -0.25) is 14.8 Å². The molecule has 166 valence electrons. The molecule has 9 nitrogen and oxygen atoms in total. The number of nitrogens with zero attached hydrogens (tertiary/aromatic N) is 7. The van der Waals surface area contributed by atoms with Crippen molar-refractivity contribution >= 4 is 0 Å². The van der Waals surface area contributed by atoms with Gasteiger partial charge >= 0.3 is 0 Å². The van der Waals surface area contributed by atoms with Gasteiger partial charge in [0, 0.05) is 49.2 Å². The number of nitrogens with one attached hydrogen (secondary N) is 1. The minimum absolute atomic E-state index is 0.261. The Morgan fingerprint density at radius 2 is 1.97 bits per heavy atom. The van der Waals surface area contributed by atoms with Gasteiger partial charge in [-0.2, -0.15) is 5.10 Å². The van der Waals surface area contributed by atoms with Crippen LogP contribution in [0.3, 0.4) is 0 Å². The number of imidazole rings is 1. The summed E-state index contributed by atoms with van der Waals surface area (Å²) in [5, 5.41) is 15.0. The Morgan fingerprint density at radius 1 is 1.09 bits per heavy atom. The summed E-state index contributed by atoms with van der Waals surface area (Å²) >= 11 is 0. The summed E-state index contributed by atoms with van der Waals surface area (Å²) in [7, 11) is 3.71. The van der Waals surface area contributed by atoms with Crippen LogP contribution in [0.4, 0.5) is 4.39 Å². The number of halogens is 1. The van der Waals surface area contributed by atoms with Crippen molar-refractivity contribution in [3.63, 3.8) is 0 Å². The zero-order chi connectivity index (χ0) is 22.9. The Labute approximate surface area is 188 Å². The minimum Gasteiger partial charge on any atom is -0.488 e. The van der Waals surface area contributed by atoms with Crippen molar-refractivity contribution in [2.75, 3.05) is 0 Å². The summed E-state index contributed by atoms with van der Waals surface area (Å²) in [4.78, 5) is 9.12. The van der Waals surface area contributed by atoms with Gasteiger partial charge in [-0.05, 0) is 31.2 Å². The Kier molecular flexibility index (Phi) is 5.17. The molecule has 1 aromatic carbocycles. The van der Waals surface area contributed by atoms with E-state index in [2.05, 4.69) is 30.5 Å². The van der Waals surface area contributed by atoms with E-state index < -0.39 is 0 Å². The van der Waals surface area contributed by atoms with E-state index in [-0.39, 0.29) is 12.4 Å². The van der Waals surface area contributed by atoms with E-state index in [9.17, 15) is 4.39 Å². The molecule has 0 radical (unpaired) electrons. The van der Waals surface area contributed by atoms with Crippen LogP contribution in [0, 0.1) is 12.7 Å². The first-order valence-corrected chi connectivity index (χ1v) is 10.3. The second-order valence-corrected chi connectivity index (χ2v) is 7.72. The number of benzene rings is 1. The Morgan fingerprint density at radius 3 is 2.73 bits per heavy atom. The highest BCUT2D eigenvalue weighted by molar-refractivity contribution is 5.81. The van der Waals surface area contributed by atoms with E-state index in [1.807, 2.05) is 43.9 Å². The number of ether oxygens (including phenoxy) is 1. The SMILES string of the molecule is Cc1[nH]nnc1-c1ccnc(-c2ncn(C)c2-c2ccc(F)cc2OCc2cnn(C)c2)c1. The lowest BCUT2D eigenvalue weighted by Gasteiger charge is -2.13. The van der Waals surface area contributed by atoms with Gasteiger partial charge in [0.15, 0.2) is 0 Å². The van der Waals surface area contributed by atoms with E-state index in [4.69, 9.17) is 4.74 Å². The maximum Gasteiger partial charge on any atom is 0.132 e. The molecular weight excluding hydrogens is 423 g/mol. The first-order valence-electron chi connectivity index (χ1n) is 10.3. The van der Waals surface area contributed by atoms with Crippen LogP contribution in [0.15, 0.2) is 55.2 Å². The van der Waals surface area contributed by atoms with Gasteiger partial charge in [0.25, 0.3) is 0 Å². The second kappa shape index (κ2) is 8.30. The summed E-state index contributed by atoms with van der Waals surface area (Å²) in [5.74, 6) is 0.0255. The number of aryl methyl sites for hydroxylation is 3. The molecule has 0 aliphatic heterocycles. The molecule has 0 fully saturated rings. The van der Waals surface area contributed by atoms with Crippen LogP contribution in [0.2, 0.25) is 0 Å². The van der Waals surface area contributed by atoms with E-state index in [0.29, 0.717) is 22.7 Å². The van der Waals surface area contributed by atoms with E-state index in [1.54, 1.807) is 29.5 Å². The molecule has 4 heterocycles. The lowest BCUT2D eigenvalue weighted by atomic mass is 10.0. The molecule has 0 amide bonds. The van der Waals surface area contributed by atoms with Crippen LogP contribution in [0.1, 0.15) is 11.3 Å². The number of rotatable bonds is 6. The number of hydrogen-bond acceptors (Lipinski definition) is 6. The van der Waals surface area contributed by atoms with Crippen LogP contribution < -0.4 is 4.74 Å². The number of aromatic nitrogens is 8. The summed E-state index contributed by atoms with van der Waals surface area (Å²) in [6.07, 6.45) is 6.99. The fourth-order valence-electron chi connectivity index (χ4n) is 3.71. The molecule has 5 aromatic rings. The third-order valence-corrected chi connectivity index (χ3v) is 5.29. The van der Waals surface area contributed by atoms with E-state index in [1.165, 1.54) is 12.1 Å². The molecule has 1 N–H and O–H groups in total. The van der Waals surface area contributed by atoms with Crippen LogP contribution in [0.5, 0.6) is 5.75 Å². The van der Waals surface area contributed by atoms with Crippen molar-refractivity contribution in [2.45, 2.75) is 13.5 Å². The summed E-state index contributed by atoms with van der Waals surface area (Å²) in [5.41, 5.74) is 6.14. The molecule has 0 unspecified atom stereocenters. The summed E-state index contributed by atoms with van der Waals surface area (Å²) in [6, 6.07) is 8.27. The third-order valence-electron chi connectivity index (χ3n) is 5.29. The van der Waals surface area contributed by atoms with E-state index >= 15 is 0 Å². The topological polar surface area (TPSA) is 99.3 Å². The van der Waals surface area contributed by atoms with Gasteiger partial charge in [-0.1, -0.05) is 5.21 Å². The van der Waals surface area contributed by atoms with Crippen molar-refractivity contribution in [1.82, 2.24) is 39.7 Å². The standard InChI is InChI=1S/C23H21FN8O/c1-14-21(29-30-28-14)16-6-7-25-19(8-16)22-23(31(2)13-26-22)18-5-4-17(24)9-20(18)33-12-15-10-27-32(3)11-15/h4-11,13H,12H2,1-3H3,(H,28,29,30). The zero-order valence-electron chi connectivity index (χ0n) is 18.3. The lowest BCUT2D eigenvalue weighted by Crippen LogP contribution is -2.00. The lowest BCUT2D eigenvalue weighted by molar-refractivity contribution is 0.305. The maximum atomic E-state index is 14.1. The molecule has 0 aliphatic carbocycles. The quantitative estimate of drug-likeness (QED) is 0.429. The molecule has 33 heavy (non-hydrogen) atoms. The van der Waals surface area contributed by atoms with E-state index in [0.717, 1.165) is 28.2 Å². The van der Waals surface area contributed by atoms with Crippen molar-refractivity contribution in [2.24, 2.45) is 14.1 Å². The average molecular weight is 444 g/mol. The van der Waals surface area contributed by atoms with Crippen LogP contribution in [-0.4, -0.2) is 39.7 Å². The fraction of sp³-hybridized carbons (Fsp3) is 0.174. The average Bonchev–Trinajstić information content (AvgIpc) is 3.52. The van der Waals surface area contributed by atoms with Gasteiger partial charge < -0.3 is 9.30 Å². The molecule has 0 aliphatic rings. The highest BCUT2D eigenvalue weighted by Crippen LogP contribution is 2.37. The van der Waals surface area contributed by atoms with Crippen LogP contribution in [-0.2, 0) is 20.7 Å². The first kappa shape index (κ1) is 20.6. The normalized spacial score (nSPS) is 11.2. The number of hydrogen-bond donors (Lipinski definition) is 1. The first-order chi connectivity index (χ1) is 16.0. The van der Waals surface area contributed by atoms with Crippen LogP contribution >= 0.6 is 0 Å². The molecule has 0 bridgehead atoms. The minimum atomic E-state index is -0.384. The van der Waals surface area contributed by atoms with Gasteiger partial charge in [0.1, 0.15) is 29.6 Å². The molecule has 0 spiro atoms. The van der Waals surface area contributed by atoms with Crippen molar-refractivity contribution in [1.29, 1.82) is 0 Å². The highest BCUT2D eigenvalue weighted by atomic mass is 19.1. The smallest absolute Gasteiger partial charge is 0.132 e. The van der Waals surface area contributed by atoms with Gasteiger partial charge in [-0.15, -0.1) is 5.10 Å². The molecule has 0 saturated carbocycles. The van der Waals surface area contributed by atoms with Crippen molar-refractivity contribution < 1.29 is 9.13 Å². The Bertz CT molecular complexity index is 1430. The number of pyridine rings is 1. The summed E-state index contributed by atoms with van der Waals surface area (Å²) in [6.45, 7) is 2.17. The predicted octanol–water partition coefficient (Wildman–Crippen LogP) is 3.69. The van der Waals surface area contributed by atoms with Crippen LogP contribution in [0.25, 0.3) is 33.9 Å². The largest absolute Gasteiger partial charge is 0.488 e. The maximum absolute atomic E-state index is 14.1. The molecule has 10 heteroatoms. The van der Waals surface area contributed by atoms with Gasteiger partial charge in [0.2, 0.25) is 0 Å². The Balaban J connectivity index is 1.56. The van der Waals surface area contributed by atoms with Crippen molar-refractivity contribution in [3.8, 4) is 39.7 Å². The number of aromatic amines is 1. The fourth-order valence-corrected chi connectivity index (χ4v) is 3.71. The summed E-state index contributed by atoms with van der Waals surface area (Å²) < 4.78 is 23.7.